The van der Waals surface area contributed by atoms with Crippen molar-refractivity contribution < 1.29 is 14.7 Å². The molecule has 0 heterocycles. The molecule has 4 nitrogen and oxygen atoms in total. The van der Waals surface area contributed by atoms with Crippen molar-refractivity contribution in [3.05, 3.63) is 0 Å². The van der Waals surface area contributed by atoms with Gasteiger partial charge in [-0.3, -0.25) is 9.59 Å². The molecular formula is C16H25NO3. The van der Waals surface area contributed by atoms with E-state index in [4.69, 9.17) is 5.11 Å². The Kier molecular flexibility index (Phi) is 3.74. The largest absolute Gasteiger partial charge is 0.480 e. The lowest BCUT2D eigenvalue weighted by Crippen LogP contribution is -2.52. The summed E-state index contributed by atoms with van der Waals surface area (Å²) in [4.78, 5) is 25.4. The number of hydrogen-bond donors (Lipinski definition) is 1. The summed E-state index contributed by atoms with van der Waals surface area (Å²) in [6.45, 7) is 2.45. The van der Waals surface area contributed by atoms with Gasteiger partial charge in [0.15, 0.2) is 0 Å². The van der Waals surface area contributed by atoms with Gasteiger partial charge in [0, 0.05) is 12.5 Å². The monoisotopic (exact) mass is 279 g/mol. The van der Waals surface area contributed by atoms with Crippen molar-refractivity contribution >= 4 is 11.9 Å². The van der Waals surface area contributed by atoms with Gasteiger partial charge in [-0.1, -0.05) is 6.92 Å². The highest BCUT2D eigenvalue weighted by atomic mass is 16.4. The fourth-order valence-electron chi connectivity index (χ4n) is 5.24. The average Bonchev–Trinajstić information content (AvgIpc) is 2.36. The van der Waals surface area contributed by atoms with E-state index in [1.807, 2.05) is 6.92 Å². The van der Waals surface area contributed by atoms with E-state index in [9.17, 15) is 9.59 Å². The lowest BCUT2D eigenvalue weighted by atomic mass is 9.51. The summed E-state index contributed by atoms with van der Waals surface area (Å²) in [5, 5.41) is 9.02. The number of aliphatic carboxylic acids is 1. The molecule has 1 amide bonds. The van der Waals surface area contributed by atoms with Crippen molar-refractivity contribution in [1.29, 1.82) is 0 Å². The summed E-state index contributed by atoms with van der Waals surface area (Å²) >= 11 is 0. The van der Waals surface area contributed by atoms with Crippen molar-refractivity contribution in [2.45, 2.75) is 45.4 Å². The first-order valence-corrected chi connectivity index (χ1v) is 8.09. The van der Waals surface area contributed by atoms with Crippen LogP contribution in [0.4, 0.5) is 0 Å². The summed E-state index contributed by atoms with van der Waals surface area (Å²) in [5.41, 5.74) is 0. The van der Waals surface area contributed by atoms with Crippen LogP contribution in [0.25, 0.3) is 0 Å². The number of amides is 1. The average molecular weight is 279 g/mol. The highest BCUT2D eigenvalue weighted by molar-refractivity contribution is 5.83. The van der Waals surface area contributed by atoms with Crippen molar-refractivity contribution in [3.63, 3.8) is 0 Å². The van der Waals surface area contributed by atoms with Gasteiger partial charge in [0.05, 0.1) is 0 Å². The minimum atomic E-state index is -0.893. The van der Waals surface area contributed by atoms with Crippen LogP contribution in [0.3, 0.4) is 0 Å². The van der Waals surface area contributed by atoms with Gasteiger partial charge in [0.2, 0.25) is 5.91 Å². The summed E-state index contributed by atoms with van der Waals surface area (Å²) in [7, 11) is 0. The van der Waals surface area contributed by atoms with Crippen molar-refractivity contribution in [2.24, 2.45) is 29.6 Å². The molecule has 4 heteroatoms. The van der Waals surface area contributed by atoms with Gasteiger partial charge < -0.3 is 10.0 Å². The molecule has 0 aliphatic heterocycles. The molecule has 0 aromatic rings. The van der Waals surface area contributed by atoms with Crippen LogP contribution in [0.1, 0.15) is 45.4 Å². The molecule has 0 spiro atoms. The molecule has 4 aliphatic rings. The van der Waals surface area contributed by atoms with Crippen LogP contribution in [-0.2, 0) is 9.59 Å². The number of hydrogen-bond acceptors (Lipinski definition) is 2. The molecule has 0 atom stereocenters. The van der Waals surface area contributed by atoms with E-state index in [-0.39, 0.29) is 18.4 Å². The summed E-state index contributed by atoms with van der Waals surface area (Å²) in [6.07, 6.45) is 7.02. The topological polar surface area (TPSA) is 57.6 Å². The van der Waals surface area contributed by atoms with Crippen LogP contribution in [0.2, 0.25) is 0 Å². The van der Waals surface area contributed by atoms with E-state index in [0.29, 0.717) is 18.4 Å². The Hall–Kier alpha value is -1.06. The van der Waals surface area contributed by atoms with Crippen molar-refractivity contribution in [1.82, 2.24) is 4.90 Å². The van der Waals surface area contributed by atoms with E-state index in [1.54, 1.807) is 4.90 Å². The minimum absolute atomic E-state index is 0.119. The molecule has 0 saturated heterocycles. The molecule has 0 radical (unpaired) electrons. The zero-order valence-electron chi connectivity index (χ0n) is 12.3. The number of rotatable bonds is 5. The third-order valence-corrected chi connectivity index (χ3v) is 5.64. The molecule has 0 aromatic heterocycles. The molecule has 4 aliphatic carbocycles. The highest BCUT2D eigenvalue weighted by Crippen LogP contribution is 2.56. The maximum absolute atomic E-state index is 12.8. The first kappa shape index (κ1) is 13.9. The Balaban J connectivity index is 1.73. The number of nitrogens with zero attached hydrogens (tertiary/aromatic N) is 1. The predicted octanol–water partition coefficient (Wildman–Crippen LogP) is 2.38. The SMILES string of the molecule is CCCN(CC(=O)O)C(=O)C1C2CC3CC(C2)CC1C3. The fourth-order valence-corrected chi connectivity index (χ4v) is 5.24. The number of carbonyl (C=O) groups is 2. The summed E-state index contributed by atoms with van der Waals surface area (Å²) < 4.78 is 0. The predicted molar refractivity (Wildman–Crippen MR) is 75.0 cm³/mol. The first-order valence-electron chi connectivity index (χ1n) is 8.09. The standard InChI is InChI=1S/C16H25NO3/c1-2-3-17(9-14(18)19)16(20)15-12-5-10-4-11(7-12)8-13(15)6-10/h10-13,15H,2-9H2,1H3,(H,18,19). The molecule has 112 valence electrons. The van der Waals surface area contributed by atoms with E-state index in [2.05, 4.69) is 0 Å². The van der Waals surface area contributed by atoms with E-state index < -0.39 is 5.97 Å². The van der Waals surface area contributed by atoms with Crippen LogP contribution >= 0.6 is 0 Å². The Morgan fingerprint density at radius 3 is 2.05 bits per heavy atom. The number of carbonyl (C=O) groups excluding carboxylic acids is 1. The van der Waals surface area contributed by atoms with Crippen LogP contribution in [0.15, 0.2) is 0 Å². The van der Waals surface area contributed by atoms with Gasteiger partial charge in [0.1, 0.15) is 6.54 Å². The minimum Gasteiger partial charge on any atom is -0.480 e. The summed E-state index contributed by atoms with van der Waals surface area (Å²) in [6, 6.07) is 0. The molecular weight excluding hydrogens is 254 g/mol. The Bertz CT molecular complexity index is 379. The zero-order valence-corrected chi connectivity index (χ0v) is 12.3. The Morgan fingerprint density at radius 2 is 1.60 bits per heavy atom. The van der Waals surface area contributed by atoms with Gasteiger partial charge in [0.25, 0.3) is 0 Å². The van der Waals surface area contributed by atoms with E-state index in [1.165, 1.54) is 32.1 Å². The van der Waals surface area contributed by atoms with Crippen molar-refractivity contribution in [3.8, 4) is 0 Å². The molecule has 4 rings (SSSR count). The number of carboxylic acid groups (broad SMARTS) is 1. The van der Waals surface area contributed by atoms with Crippen molar-refractivity contribution in [2.75, 3.05) is 13.1 Å². The number of carboxylic acids is 1. The molecule has 4 fully saturated rings. The summed E-state index contributed by atoms with van der Waals surface area (Å²) in [5.74, 6) is 2.12. The van der Waals surface area contributed by atoms with Gasteiger partial charge in [-0.25, -0.2) is 0 Å². The van der Waals surface area contributed by atoms with Crippen LogP contribution in [0, 0.1) is 29.6 Å². The second-order valence-electron chi connectivity index (χ2n) is 7.11. The quantitative estimate of drug-likeness (QED) is 0.840. The van der Waals surface area contributed by atoms with Crippen LogP contribution in [0.5, 0.6) is 0 Å². The molecule has 0 aromatic carbocycles. The highest BCUT2D eigenvalue weighted by Gasteiger charge is 2.51. The smallest absolute Gasteiger partial charge is 0.323 e. The van der Waals surface area contributed by atoms with E-state index in [0.717, 1.165) is 18.3 Å². The van der Waals surface area contributed by atoms with E-state index >= 15 is 0 Å². The molecule has 20 heavy (non-hydrogen) atoms. The Labute approximate surface area is 120 Å². The Morgan fingerprint density at radius 1 is 1.05 bits per heavy atom. The van der Waals surface area contributed by atoms with Gasteiger partial charge >= 0.3 is 5.97 Å². The molecule has 1 N–H and O–H groups in total. The maximum Gasteiger partial charge on any atom is 0.323 e. The molecule has 4 bridgehead atoms. The fraction of sp³-hybridized carbons (Fsp3) is 0.875. The lowest BCUT2D eigenvalue weighted by molar-refractivity contribution is -0.154. The van der Waals surface area contributed by atoms with Crippen LogP contribution in [-0.4, -0.2) is 35.0 Å². The van der Waals surface area contributed by atoms with Gasteiger partial charge in [-0.05, 0) is 62.2 Å². The van der Waals surface area contributed by atoms with Gasteiger partial charge in [-0.15, -0.1) is 0 Å². The second kappa shape index (κ2) is 5.38. The first-order chi connectivity index (χ1) is 9.58. The normalized spacial score (nSPS) is 38.0. The third-order valence-electron chi connectivity index (χ3n) is 5.64. The third kappa shape index (κ3) is 2.45. The maximum atomic E-state index is 12.8. The molecule has 0 unspecified atom stereocenters. The molecule has 4 saturated carbocycles. The lowest BCUT2D eigenvalue weighted by Gasteiger charge is -2.54. The second-order valence-corrected chi connectivity index (χ2v) is 7.11. The zero-order chi connectivity index (χ0) is 14.3. The van der Waals surface area contributed by atoms with Gasteiger partial charge in [-0.2, -0.15) is 0 Å². The van der Waals surface area contributed by atoms with Crippen LogP contribution < -0.4 is 0 Å².